The van der Waals surface area contributed by atoms with Crippen LogP contribution in [0.2, 0.25) is 5.02 Å². The number of hydrogen-bond donors (Lipinski definition) is 1. The summed E-state index contributed by atoms with van der Waals surface area (Å²) in [6.07, 6.45) is 3.99. The van der Waals surface area contributed by atoms with Crippen molar-refractivity contribution in [3.63, 3.8) is 0 Å². The van der Waals surface area contributed by atoms with Gasteiger partial charge in [0.2, 0.25) is 0 Å². The molecular formula is C14H16Cl2FNO. The van der Waals surface area contributed by atoms with Crippen LogP contribution >= 0.6 is 23.2 Å². The Morgan fingerprint density at radius 1 is 1.32 bits per heavy atom. The van der Waals surface area contributed by atoms with Crippen LogP contribution in [0.5, 0.6) is 0 Å². The highest BCUT2D eigenvalue weighted by atomic mass is 35.5. The maximum Gasteiger partial charge on any atom is 0.254 e. The van der Waals surface area contributed by atoms with E-state index in [0.29, 0.717) is 12.5 Å². The predicted molar refractivity (Wildman–Crippen MR) is 75.3 cm³/mol. The van der Waals surface area contributed by atoms with Crippen LogP contribution in [0, 0.1) is 11.7 Å². The Morgan fingerprint density at radius 3 is 2.63 bits per heavy atom. The summed E-state index contributed by atoms with van der Waals surface area (Å²) in [4.78, 5) is 11.9. The maximum absolute atomic E-state index is 13.6. The summed E-state index contributed by atoms with van der Waals surface area (Å²) in [5.74, 6) is -0.536. The van der Waals surface area contributed by atoms with Gasteiger partial charge in [-0.15, -0.1) is 11.6 Å². The topological polar surface area (TPSA) is 29.1 Å². The molecule has 2 nitrogen and oxygen atoms in total. The highest BCUT2D eigenvalue weighted by Crippen LogP contribution is 2.27. The fraction of sp³-hybridized carbons (Fsp3) is 0.500. The zero-order valence-electron chi connectivity index (χ0n) is 10.5. The van der Waals surface area contributed by atoms with Gasteiger partial charge in [-0.2, -0.15) is 0 Å². The van der Waals surface area contributed by atoms with Gasteiger partial charge in [-0.25, -0.2) is 4.39 Å². The molecule has 1 aromatic carbocycles. The summed E-state index contributed by atoms with van der Waals surface area (Å²) >= 11 is 11.7. The summed E-state index contributed by atoms with van der Waals surface area (Å²) < 4.78 is 13.6. The fourth-order valence-corrected chi connectivity index (χ4v) is 2.74. The van der Waals surface area contributed by atoms with Crippen molar-refractivity contribution in [1.82, 2.24) is 5.32 Å². The Morgan fingerprint density at radius 2 is 2.00 bits per heavy atom. The first-order chi connectivity index (χ1) is 9.06. The number of halogens is 3. The Labute approximate surface area is 122 Å². The number of amides is 1. The summed E-state index contributed by atoms with van der Waals surface area (Å²) in [7, 11) is 0. The van der Waals surface area contributed by atoms with E-state index < -0.39 is 5.82 Å². The number of nitrogens with one attached hydrogen (secondary N) is 1. The summed E-state index contributed by atoms with van der Waals surface area (Å²) in [6.45, 7) is 0.574. The van der Waals surface area contributed by atoms with Crippen molar-refractivity contribution < 1.29 is 9.18 Å². The Kier molecular flexibility index (Phi) is 5.06. The molecule has 0 aromatic heterocycles. The molecule has 0 spiro atoms. The Balaban J connectivity index is 1.87. The molecule has 1 aliphatic carbocycles. The average Bonchev–Trinajstić information content (AvgIpc) is 2.37. The Bertz CT molecular complexity index is 459. The van der Waals surface area contributed by atoms with E-state index in [1.807, 2.05) is 0 Å². The molecule has 0 radical (unpaired) electrons. The minimum absolute atomic E-state index is 0.0374. The maximum atomic E-state index is 13.6. The third-order valence-electron chi connectivity index (χ3n) is 3.50. The molecular weight excluding hydrogens is 288 g/mol. The van der Waals surface area contributed by atoms with Crippen LogP contribution in [0.15, 0.2) is 18.2 Å². The van der Waals surface area contributed by atoms with E-state index in [1.54, 1.807) is 0 Å². The van der Waals surface area contributed by atoms with Crippen LogP contribution in [-0.4, -0.2) is 17.8 Å². The number of rotatable bonds is 3. The van der Waals surface area contributed by atoms with Crippen LogP contribution in [0.25, 0.3) is 0 Å². The van der Waals surface area contributed by atoms with E-state index >= 15 is 0 Å². The lowest BCUT2D eigenvalue weighted by molar-refractivity contribution is 0.0939. The lowest BCUT2D eigenvalue weighted by atomic mass is 9.89. The van der Waals surface area contributed by atoms with E-state index in [4.69, 9.17) is 23.2 Å². The van der Waals surface area contributed by atoms with Crippen LogP contribution in [-0.2, 0) is 0 Å². The average molecular weight is 304 g/mol. The SMILES string of the molecule is O=C(NCC1CCC(Cl)CC1)c1ccc(Cl)cc1F. The van der Waals surface area contributed by atoms with E-state index in [2.05, 4.69) is 5.32 Å². The number of carbonyl (C=O) groups excluding carboxylic acids is 1. The summed E-state index contributed by atoms with van der Waals surface area (Å²) in [6, 6.07) is 4.07. The Hall–Kier alpha value is -0.800. The lowest BCUT2D eigenvalue weighted by Crippen LogP contribution is -2.31. The van der Waals surface area contributed by atoms with Gasteiger partial charge < -0.3 is 5.32 Å². The standard InChI is InChI=1S/C14H16Cl2FNO/c15-10-3-1-9(2-4-10)8-18-14(19)12-6-5-11(16)7-13(12)17/h5-7,9-10H,1-4,8H2,(H,18,19). The van der Waals surface area contributed by atoms with Gasteiger partial charge in [0.05, 0.1) is 5.56 Å². The second-order valence-corrected chi connectivity index (χ2v) is 6.01. The van der Waals surface area contributed by atoms with Gasteiger partial charge in [0, 0.05) is 16.9 Å². The second-order valence-electron chi connectivity index (χ2n) is 4.95. The first kappa shape index (κ1) is 14.6. The highest BCUT2D eigenvalue weighted by molar-refractivity contribution is 6.30. The molecule has 1 aliphatic rings. The van der Waals surface area contributed by atoms with Crippen molar-refractivity contribution in [2.75, 3.05) is 6.54 Å². The molecule has 0 unspecified atom stereocenters. The largest absolute Gasteiger partial charge is 0.352 e. The minimum atomic E-state index is -0.588. The third kappa shape index (κ3) is 4.08. The van der Waals surface area contributed by atoms with Crippen LogP contribution in [0.1, 0.15) is 36.0 Å². The first-order valence-electron chi connectivity index (χ1n) is 6.43. The molecule has 0 saturated heterocycles. The molecule has 1 amide bonds. The zero-order valence-corrected chi connectivity index (χ0v) is 12.0. The number of alkyl halides is 1. The monoisotopic (exact) mass is 303 g/mol. The number of carbonyl (C=O) groups is 1. The van der Waals surface area contributed by atoms with Crippen LogP contribution in [0.4, 0.5) is 4.39 Å². The molecule has 0 aliphatic heterocycles. The van der Waals surface area contributed by atoms with Crippen molar-refractivity contribution in [1.29, 1.82) is 0 Å². The van der Waals surface area contributed by atoms with Crippen molar-refractivity contribution in [2.24, 2.45) is 5.92 Å². The molecule has 0 bridgehead atoms. The fourth-order valence-electron chi connectivity index (χ4n) is 2.33. The lowest BCUT2D eigenvalue weighted by Gasteiger charge is -2.25. The van der Waals surface area contributed by atoms with Crippen molar-refractivity contribution >= 4 is 29.1 Å². The van der Waals surface area contributed by atoms with Crippen molar-refractivity contribution in [3.8, 4) is 0 Å². The molecule has 104 valence electrons. The molecule has 5 heteroatoms. The summed E-state index contributed by atoms with van der Waals surface area (Å²) in [5.41, 5.74) is 0.0374. The van der Waals surface area contributed by atoms with Gasteiger partial charge in [-0.3, -0.25) is 4.79 Å². The van der Waals surface area contributed by atoms with Gasteiger partial charge in [-0.1, -0.05) is 11.6 Å². The van der Waals surface area contributed by atoms with Gasteiger partial charge in [0.15, 0.2) is 0 Å². The molecule has 1 fully saturated rings. The summed E-state index contributed by atoms with van der Waals surface area (Å²) in [5, 5.41) is 3.33. The quantitative estimate of drug-likeness (QED) is 0.840. The minimum Gasteiger partial charge on any atom is -0.352 e. The second kappa shape index (κ2) is 6.58. The van der Waals surface area contributed by atoms with Gasteiger partial charge >= 0.3 is 0 Å². The van der Waals surface area contributed by atoms with Crippen molar-refractivity contribution in [2.45, 2.75) is 31.1 Å². The molecule has 19 heavy (non-hydrogen) atoms. The highest BCUT2D eigenvalue weighted by Gasteiger charge is 2.20. The molecule has 0 atom stereocenters. The van der Waals surface area contributed by atoms with Gasteiger partial charge in [0.25, 0.3) is 5.91 Å². The van der Waals surface area contributed by atoms with E-state index in [-0.39, 0.29) is 21.9 Å². The molecule has 1 N–H and O–H groups in total. The molecule has 2 rings (SSSR count). The number of hydrogen-bond acceptors (Lipinski definition) is 1. The van der Waals surface area contributed by atoms with Gasteiger partial charge in [-0.05, 0) is 49.8 Å². The van der Waals surface area contributed by atoms with E-state index in [0.717, 1.165) is 31.7 Å². The number of benzene rings is 1. The smallest absolute Gasteiger partial charge is 0.254 e. The molecule has 0 heterocycles. The predicted octanol–water partition coefficient (Wildman–Crippen LogP) is 4.01. The van der Waals surface area contributed by atoms with Crippen LogP contribution < -0.4 is 5.32 Å². The normalized spacial score (nSPS) is 23.1. The van der Waals surface area contributed by atoms with Crippen LogP contribution in [0.3, 0.4) is 0 Å². The zero-order chi connectivity index (χ0) is 13.8. The van der Waals surface area contributed by atoms with E-state index in [1.165, 1.54) is 12.1 Å². The van der Waals surface area contributed by atoms with Crippen molar-refractivity contribution in [3.05, 3.63) is 34.6 Å². The first-order valence-corrected chi connectivity index (χ1v) is 7.25. The van der Waals surface area contributed by atoms with Gasteiger partial charge in [0.1, 0.15) is 5.82 Å². The third-order valence-corrected chi connectivity index (χ3v) is 4.17. The van der Waals surface area contributed by atoms with E-state index in [9.17, 15) is 9.18 Å². The molecule has 1 aromatic rings. The molecule has 1 saturated carbocycles.